The van der Waals surface area contributed by atoms with Crippen molar-refractivity contribution in [2.24, 2.45) is 26.7 Å². The highest BCUT2D eigenvalue weighted by Gasteiger charge is 2.76. The molecular formula is C23H47NO. The molecule has 1 saturated carbocycles. The van der Waals surface area contributed by atoms with Crippen molar-refractivity contribution in [1.82, 2.24) is 0 Å². The summed E-state index contributed by atoms with van der Waals surface area (Å²) in [4.78, 5) is 4.56. The van der Waals surface area contributed by atoms with Crippen molar-refractivity contribution in [2.75, 3.05) is 0 Å². The summed E-state index contributed by atoms with van der Waals surface area (Å²) < 4.78 is 0. The molecule has 1 aliphatic rings. The van der Waals surface area contributed by atoms with Crippen LogP contribution in [-0.4, -0.2) is 23.0 Å². The third kappa shape index (κ3) is 2.42. The number of aliphatic imine (C=N–C) groups is 1. The van der Waals surface area contributed by atoms with Crippen molar-refractivity contribution in [3.8, 4) is 0 Å². The molecule has 2 heteroatoms. The first-order valence-corrected chi connectivity index (χ1v) is 8.76. The zero-order chi connectivity index (χ0) is 18.9. The van der Waals surface area contributed by atoms with E-state index in [9.17, 15) is 5.11 Å². The van der Waals surface area contributed by atoms with E-state index in [0.717, 1.165) is 0 Å². The van der Waals surface area contributed by atoms with Crippen LogP contribution in [0.5, 0.6) is 0 Å². The molecule has 3 atom stereocenters. The predicted molar refractivity (Wildman–Crippen MR) is 116 cm³/mol. The van der Waals surface area contributed by atoms with Crippen LogP contribution in [0.25, 0.3) is 0 Å². The van der Waals surface area contributed by atoms with Crippen molar-refractivity contribution in [3.63, 3.8) is 0 Å². The SMILES string of the molecule is C.C.C=NC1(C)C(C)(C)[C@](C)(C(C)=C(C)C)C(C)(C)C(C)(C)[C@]1(C)O. The summed E-state index contributed by atoms with van der Waals surface area (Å²) in [6, 6.07) is 0. The lowest BCUT2D eigenvalue weighted by atomic mass is 9.31. The Labute approximate surface area is 159 Å². The average molecular weight is 354 g/mol. The molecular weight excluding hydrogens is 306 g/mol. The first-order valence-electron chi connectivity index (χ1n) is 8.76. The Hall–Kier alpha value is -0.630. The van der Waals surface area contributed by atoms with Gasteiger partial charge in [0, 0.05) is 16.2 Å². The first-order chi connectivity index (χ1) is 9.91. The van der Waals surface area contributed by atoms with E-state index in [0.29, 0.717) is 0 Å². The molecule has 1 rings (SSSR count). The second kappa shape index (κ2) is 6.51. The van der Waals surface area contributed by atoms with Gasteiger partial charge in [-0.2, -0.15) is 0 Å². The maximum Gasteiger partial charge on any atom is 0.0928 e. The largest absolute Gasteiger partial charge is 0.387 e. The molecule has 0 bridgehead atoms. The monoisotopic (exact) mass is 353 g/mol. The Bertz CT molecular complexity index is 546. The van der Waals surface area contributed by atoms with Gasteiger partial charge in [0.25, 0.3) is 0 Å². The Balaban J connectivity index is 0. The molecule has 0 aliphatic heterocycles. The van der Waals surface area contributed by atoms with Crippen molar-refractivity contribution in [3.05, 3.63) is 11.1 Å². The molecule has 0 aromatic heterocycles. The van der Waals surface area contributed by atoms with Crippen molar-refractivity contribution < 1.29 is 5.11 Å². The molecule has 0 radical (unpaired) electrons. The predicted octanol–water partition coefficient (Wildman–Crippen LogP) is 6.92. The molecule has 1 N–H and O–H groups in total. The smallest absolute Gasteiger partial charge is 0.0928 e. The third-order valence-electron chi connectivity index (χ3n) is 9.26. The molecule has 0 aromatic carbocycles. The molecule has 1 unspecified atom stereocenters. The van der Waals surface area contributed by atoms with Gasteiger partial charge in [-0.15, -0.1) is 0 Å². The molecule has 25 heavy (non-hydrogen) atoms. The van der Waals surface area contributed by atoms with Crippen molar-refractivity contribution in [1.29, 1.82) is 0 Å². The fraction of sp³-hybridized carbons (Fsp3) is 0.870. The van der Waals surface area contributed by atoms with E-state index in [1.165, 1.54) is 11.1 Å². The quantitative estimate of drug-likeness (QED) is 0.424. The van der Waals surface area contributed by atoms with Gasteiger partial charge in [-0.25, -0.2) is 0 Å². The second-order valence-corrected chi connectivity index (χ2v) is 9.93. The van der Waals surface area contributed by atoms with Crippen LogP contribution in [0, 0.1) is 21.7 Å². The number of nitrogens with zero attached hydrogens (tertiary/aromatic N) is 1. The highest BCUT2D eigenvalue weighted by atomic mass is 16.3. The highest BCUT2D eigenvalue weighted by Crippen LogP contribution is 2.75. The van der Waals surface area contributed by atoms with Crippen LogP contribution in [-0.2, 0) is 0 Å². The molecule has 0 heterocycles. The highest BCUT2D eigenvalue weighted by molar-refractivity contribution is 5.39. The van der Waals surface area contributed by atoms with Gasteiger partial charge in [0.15, 0.2) is 0 Å². The average Bonchev–Trinajstić information content (AvgIpc) is 2.41. The Morgan fingerprint density at radius 1 is 0.720 bits per heavy atom. The number of allylic oxidation sites excluding steroid dienone is 2. The zero-order valence-corrected chi connectivity index (χ0v) is 17.6. The maximum atomic E-state index is 11.7. The van der Waals surface area contributed by atoms with Crippen LogP contribution >= 0.6 is 0 Å². The van der Waals surface area contributed by atoms with E-state index in [4.69, 9.17) is 0 Å². The van der Waals surface area contributed by atoms with E-state index in [1.54, 1.807) is 0 Å². The summed E-state index contributed by atoms with van der Waals surface area (Å²) in [5.74, 6) is 0. The topological polar surface area (TPSA) is 32.6 Å². The summed E-state index contributed by atoms with van der Waals surface area (Å²) in [5.41, 5.74) is 0.200. The fourth-order valence-corrected chi connectivity index (χ4v) is 5.51. The van der Waals surface area contributed by atoms with Gasteiger partial charge in [0.2, 0.25) is 0 Å². The van der Waals surface area contributed by atoms with Gasteiger partial charge in [-0.1, -0.05) is 74.5 Å². The van der Waals surface area contributed by atoms with E-state index >= 15 is 0 Å². The third-order valence-corrected chi connectivity index (χ3v) is 9.26. The summed E-state index contributed by atoms with van der Waals surface area (Å²) in [7, 11) is 0. The van der Waals surface area contributed by atoms with Gasteiger partial charge >= 0.3 is 0 Å². The normalized spacial score (nSPS) is 38.0. The molecule has 0 aromatic rings. The summed E-state index contributed by atoms with van der Waals surface area (Å²) in [6.07, 6.45) is 0. The van der Waals surface area contributed by atoms with Gasteiger partial charge in [-0.3, -0.25) is 4.99 Å². The first kappa shape index (κ1) is 26.6. The van der Waals surface area contributed by atoms with Crippen molar-refractivity contribution in [2.45, 2.75) is 109 Å². The molecule has 0 spiro atoms. The number of aliphatic hydroxyl groups is 1. The Kier molecular flexibility index (Phi) is 6.93. The van der Waals surface area contributed by atoms with E-state index < -0.39 is 11.1 Å². The molecule has 1 aliphatic carbocycles. The summed E-state index contributed by atoms with van der Waals surface area (Å²) >= 11 is 0. The number of hydrogen-bond acceptors (Lipinski definition) is 2. The molecule has 150 valence electrons. The van der Waals surface area contributed by atoms with Gasteiger partial charge in [-0.05, 0) is 46.8 Å². The summed E-state index contributed by atoms with van der Waals surface area (Å²) in [6.45, 7) is 30.4. The maximum absolute atomic E-state index is 11.7. The lowest BCUT2D eigenvalue weighted by Gasteiger charge is -2.75. The van der Waals surface area contributed by atoms with Crippen LogP contribution in [0.3, 0.4) is 0 Å². The summed E-state index contributed by atoms with van der Waals surface area (Å²) in [5, 5.41) is 11.7. The second-order valence-electron chi connectivity index (χ2n) is 9.93. The van der Waals surface area contributed by atoms with Gasteiger partial charge < -0.3 is 5.11 Å². The lowest BCUT2D eigenvalue weighted by molar-refractivity contribution is -0.280. The molecule has 0 saturated heterocycles. The van der Waals surface area contributed by atoms with Crippen LogP contribution < -0.4 is 0 Å². The molecule has 2 nitrogen and oxygen atoms in total. The minimum Gasteiger partial charge on any atom is -0.387 e. The fourth-order valence-electron chi connectivity index (χ4n) is 5.51. The van der Waals surface area contributed by atoms with Gasteiger partial charge in [0.05, 0.1) is 11.1 Å². The van der Waals surface area contributed by atoms with Gasteiger partial charge in [0.1, 0.15) is 0 Å². The minimum absolute atomic E-state index is 0. The Morgan fingerprint density at radius 3 is 1.36 bits per heavy atom. The minimum atomic E-state index is -0.976. The van der Waals surface area contributed by atoms with Crippen LogP contribution in [0.4, 0.5) is 0 Å². The van der Waals surface area contributed by atoms with E-state index in [-0.39, 0.29) is 36.5 Å². The standard InChI is InChI=1S/C21H39NO.2CH4/c1-14(2)15(3)19(10)16(4,5)17(6,7)21(12,23)20(11,22-13)18(19,8)9;;/h23H,13H2,1-12H3;2*1H4/t19-,20?,21+;;/m1../s1. The van der Waals surface area contributed by atoms with Crippen molar-refractivity contribution >= 4 is 6.72 Å². The van der Waals surface area contributed by atoms with E-state index in [1.807, 2.05) is 6.92 Å². The Morgan fingerprint density at radius 2 is 1.08 bits per heavy atom. The molecule has 0 amide bonds. The lowest BCUT2D eigenvalue weighted by Crippen LogP contribution is -2.78. The van der Waals surface area contributed by atoms with E-state index in [2.05, 4.69) is 87.9 Å². The molecule has 1 fully saturated rings. The zero-order valence-electron chi connectivity index (χ0n) is 17.6. The van der Waals surface area contributed by atoms with Crippen LogP contribution in [0.1, 0.15) is 97.9 Å². The van der Waals surface area contributed by atoms with Crippen LogP contribution in [0.2, 0.25) is 0 Å². The number of rotatable bonds is 2. The number of hydrogen-bond donors (Lipinski definition) is 1. The van der Waals surface area contributed by atoms with Crippen LogP contribution in [0.15, 0.2) is 16.1 Å².